The van der Waals surface area contributed by atoms with Crippen molar-refractivity contribution in [3.05, 3.63) is 28.8 Å². The first-order chi connectivity index (χ1) is 7.70. The van der Waals surface area contributed by atoms with E-state index in [-0.39, 0.29) is 0 Å². The third-order valence-corrected chi connectivity index (χ3v) is 3.14. The van der Waals surface area contributed by atoms with Crippen molar-refractivity contribution in [1.29, 1.82) is 0 Å². The third kappa shape index (κ3) is 2.14. The lowest BCUT2D eigenvalue weighted by atomic mass is 10.3. The van der Waals surface area contributed by atoms with Crippen molar-refractivity contribution in [2.24, 2.45) is 0 Å². The van der Waals surface area contributed by atoms with Crippen molar-refractivity contribution in [1.82, 2.24) is 10.2 Å². The van der Waals surface area contributed by atoms with Crippen molar-refractivity contribution >= 4 is 17.3 Å². The van der Waals surface area contributed by atoms with Crippen molar-refractivity contribution < 1.29 is 9.53 Å². The smallest absolute Gasteiger partial charge is 0.358 e. The fourth-order valence-corrected chi connectivity index (χ4v) is 2.20. The molecule has 0 unspecified atom stereocenters. The zero-order chi connectivity index (χ0) is 11.5. The maximum absolute atomic E-state index is 11.4. The Morgan fingerprint density at radius 2 is 2.38 bits per heavy atom. The molecule has 2 heterocycles. The zero-order valence-corrected chi connectivity index (χ0v) is 9.93. The molecule has 1 N–H and O–H groups in total. The van der Waals surface area contributed by atoms with E-state index in [1.54, 1.807) is 24.3 Å². The van der Waals surface area contributed by atoms with E-state index < -0.39 is 5.97 Å². The van der Waals surface area contributed by atoms with Gasteiger partial charge in [0.05, 0.1) is 17.2 Å². The van der Waals surface area contributed by atoms with Crippen molar-refractivity contribution in [2.75, 3.05) is 6.61 Å². The van der Waals surface area contributed by atoms with E-state index in [4.69, 9.17) is 4.74 Å². The van der Waals surface area contributed by atoms with Gasteiger partial charge >= 0.3 is 5.97 Å². The second-order valence-corrected chi connectivity index (χ2v) is 4.29. The predicted molar refractivity (Wildman–Crippen MR) is 62.6 cm³/mol. The standard InChI is InChI=1S/C11H12N2O2S/c1-3-15-11(14)9-5-8(12-13-9)10-4-7(2)6-16-10/h4-6H,3H2,1-2H3,(H,12,13). The van der Waals surface area contributed by atoms with Crippen molar-refractivity contribution in [2.45, 2.75) is 13.8 Å². The van der Waals surface area contributed by atoms with Gasteiger partial charge in [-0.3, -0.25) is 5.10 Å². The molecule has 2 aromatic rings. The minimum atomic E-state index is -0.390. The summed E-state index contributed by atoms with van der Waals surface area (Å²) in [7, 11) is 0. The van der Waals surface area contributed by atoms with Crippen LogP contribution in [-0.4, -0.2) is 22.8 Å². The average Bonchev–Trinajstić information content (AvgIpc) is 2.85. The average molecular weight is 236 g/mol. The van der Waals surface area contributed by atoms with Crippen LogP contribution < -0.4 is 0 Å². The molecule has 2 aromatic heterocycles. The fourth-order valence-electron chi connectivity index (χ4n) is 1.33. The van der Waals surface area contributed by atoms with E-state index in [0.29, 0.717) is 12.3 Å². The molecular formula is C11H12N2O2S. The Kier molecular flexibility index (Phi) is 3.05. The van der Waals surface area contributed by atoms with E-state index >= 15 is 0 Å². The first-order valence-electron chi connectivity index (χ1n) is 4.98. The van der Waals surface area contributed by atoms with Crippen LogP contribution in [0.2, 0.25) is 0 Å². The van der Waals surface area contributed by atoms with Gasteiger partial charge in [0.2, 0.25) is 0 Å². The highest BCUT2D eigenvalue weighted by molar-refractivity contribution is 7.13. The summed E-state index contributed by atoms with van der Waals surface area (Å²) in [5.74, 6) is -0.390. The van der Waals surface area contributed by atoms with Crippen LogP contribution in [-0.2, 0) is 4.74 Å². The summed E-state index contributed by atoms with van der Waals surface area (Å²) in [4.78, 5) is 12.5. The molecule has 0 aliphatic rings. The minimum absolute atomic E-state index is 0.322. The normalized spacial score (nSPS) is 10.4. The molecule has 0 fully saturated rings. The van der Waals surface area contributed by atoms with Gasteiger partial charge < -0.3 is 4.74 Å². The molecule has 2 rings (SSSR count). The number of ether oxygens (including phenoxy) is 1. The largest absolute Gasteiger partial charge is 0.461 e. The first kappa shape index (κ1) is 10.9. The number of aromatic nitrogens is 2. The number of thiophene rings is 1. The predicted octanol–water partition coefficient (Wildman–Crippen LogP) is 2.62. The van der Waals surface area contributed by atoms with Gasteiger partial charge in [-0.05, 0) is 36.9 Å². The van der Waals surface area contributed by atoms with Crippen molar-refractivity contribution in [3.8, 4) is 10.6 Å². The summed E-state index contributed by atoms with van der Waals surface area (Å²) >= 11 is 1.62. The number of aromatic amines is 1. The summed E-state index contributed by atoms with van der Waals surface area (Å²) < 4.78 is 4.86. The second kappa shape index (κ2) is 4.49. The Hall–Kier alpha value is -1.62. The summed E-state index contributed by atoms with van der Waals surface area (Å²) in [6.07, 6.45) is 0. The zero-order valence-electron chi connectivity index (χ0n) is 9.11. The van der Waals surface area contributed by atoms with Gasteiger partial charge in [0.1, 0.15) is 0 Å². The number of carbonyl (C=O) groups excluding carboxylic acids is 1. The van der Waals surface area contributed by atoms with Crippen LogP contribution in [0.5, 0.6) is 0 Å². The highest BCUT2D eigenvalue weighted by atomic mass is 32.1. The molecule has 84 valence electrons. The Labute approximate surface area is 97.3 Å². The lowest BCUT2D eigenvalue weighted by molar-refractivity contribution is 0.0519. The Balaban J connectivity index is 2.22. The van der Waals surface area contributed by atoms with Gasteiger partial charge in [-0.15, -0.1) is 11.3 Å². The molecule has 0 saturated carbocycles. The minimum Gasteiger partial charge on any atom is -0.461 e. The highest BCUT2D eigenvalue weighted by Crippen LogP contribution is 2.25. The SMILES string of the molecule is CCOC(=O)c1cc(-c2cc(C)cs2)[nH]n1. The molecule has 0 amide bonds. The summed E-state index contributed by atoms with van der Waals surface area (Å²) in [5.41, 5.74) is 2.37. The molecular weight excluding hydrogens is 224 g/mol. The Morgan fingerprint density at radius 3 is 3.00 bits per heavy atom. The number of rotatable bonds is 3. The molecule has 0 spiro atoms. The van der Waals surface area contributed by atoms with E-state index in [0.717, 1.165) is 10.6 Å². The molecule has 16 heavy (non-hydrogen) atoms. The number of nitrogens with zero attached hydrogens (tertiary/aromatic N) is 1. The molecule has 4 nitrogen and oxygen atoms in total. The quantitative estimate of drug-likeness (QED) is 0.833. The fraction of sp³-hybridized carbons (Fsp3) is 0.273. The van der Waals surface area contributed by atoms with Crippen molar-refractivity contribution in [3.63, 3.8) is 0 Å². The van der Waals surface area contributed by atoms with Gasteiger partial charge in [-0.1, -0.05) is 0 Å². The number of hydrogen-bond donors (Lipinski definition) is 1. The van der Waals surface area contributed by atoms with Crippen LogP contribution in [0.3, 0.4) is 0 Å². The van der Waals surface area contributed by atoms with Crippen LogP contribution in [0.25, 0.3) is 10.6 Å². The highest BCUT2D eigenvalue weighted by Gasteiger charge is 2.12. The van der Waals surface area contributed by atoms with Crippen LogP contribution >= 0.6 is 11.3 Å². The topological polar surface area (TPSA) is 55.0 Å². The van der Waals surface area contributed by atoms with Gasteiger partial charge in [-0.2, -0.15) is 5.10 Å². The van der Waals surface area contributed by atoms with Crippen LogP contribution in [0.4, 0.5) is 0 Å². The first-order valence-corrected chi connectivity index (χ1v) is 5.86. The van der Waals surface area contributed by atoms with Gasteiger partial charge in [-0.25, -0.2) is 4.79 Å². The van der Waals surface area contributed by atoms with E-state index in [1.165, 1.54) is 5.56 Å². The van der Waals surface area contributed by atoms with Gasteiger partial charge in [0, 0.05) is 0 Å². The van der Waals surface area contributed by atoms with Gasteiger partial charge in [0.15, 0.2) is 5.69 Å². The monoisotopic (exact) mass is 236 g/mol. The molecule has 0 bridgehead atoms. The lowest BCUT2D eigenvalue weighted by Crippen LogP contribution is -2.04. The van der Waals surface area contributed by atoms with Crippen LogP contribution in [0.15, 0.2) is 17.5 Å². The third-order valence-electron chi connectivity index (χ3n) is 2.06. The maximum Gasteiger partial charge on any atom is 0.358 e. The number of hydrogen-bond acceptors (Lipinski definition) is 4. The van der Waals surface area contributed by atoms with Crippen LogP contribution in [0, 0.1) is 6.92 Å². The molecule has 5 heteroatoms. The van der Waals surface area contributed by atoms with E-state index in [1.807, 2.05) is 13.0 Å². The number of H-pyrrole nitrogens is 1. The van der Waals surface area contributed by atoms with E-state index in [2.05, 4.69) is 15.6 Å². The Bertz CT molecular complexity index is 502. The van der Waals surface area contributed by atoms with Crippen LogP contribution in [0.1, 0.15) is 23.0 Å². The second-order valence-electron chi connectivity index (χ2n) is 3.38. The number of nitrogens with one attached hydrogen (secondary N) is 1. The molecule has 0 saturated heterocycles. The summed E-state index contributed by atoms with van der Waals surface area (Å²) in [6, 6.07) is 3.76. The summed E-state index contributed by atoms with van der Waals surface area (Å²) in [5, 5.41) is 8.82. The maximum atomic E-state index is 11.4. The lowest BCUT2D eigenvalue weighted by Gasteiger charge is -1.95. The number of carbonyl (C=O) groups is 1. The molecule has 0 aromatic carbocycles. The molecule has 0 aliphatic heterocycles. The molecule has 0 radical (unpaired) electrons. The van der Waals surface area contributed by atoms with E-state index in [9.17, 15) is 4.79 Å². The molecule has 0 atom stereocenters. The molecule has 0 aliphatic carbocycles. The Morgan fingerprint density at radius 1 is 1.56 bits per heavy atom. The summed E-state index contributed by atoms with van der Waals surface area (Å²) in [6.45, 7) is 4.16. The van der Waals surface area contributed by atoms with Gasteiger partial charge in [0.25, 0.3) is 0 Å². The number of esters is 1. The number of aryl methyl sites for hydroxylation is 1.